The number of nitrogens with zero attached hydrogens (tertiary/aromatic N) is 1. The molecule has 2 aromatic carbocycles. The van der Waals surface area contributed by atoms with Gasteiger partial charge >= 0.3 is 0 Å². The molecule has 0 saturated carbocycles. The zero-order valence-corrected chi connectivity index (χ0v) is 15.4. The minimum atomic E-state index is -0.581. The van der Waals surface area contributed by atoms with E-state index in [0.717, 1.165) is 32.3 Å². The van der Waals surface area contributed by atoms with E-state index < -0.39 is 6.67 Å². The first-order valence-corrected chi connectivity index (χ1v) is 9.89. The second kappa shape index (κ2) is 7.43. The van der Waals surface area contributed by atoms with Crippen molar-refractivity contribution < 1.29 is 9.18 Å². The summed E-state index contributed by atoms with van der Waals surface area (Å²) >= 11 is 3.27. The highest BCUT2D eigenvalue weighted by molar-refractivity contribution is 7.99. The van der Waals surface area contributed by atoms with Crippen LogP contribution in [0.5, 0.6) is 0 Å². The fourth-order valence-electron chi connectivity index (χ4n) is 2.76. The van der Waals surface area contributed by atoms with Crippen molar-refractivity contribution in [2.45, 2.75) is 9.79 Å². The average molecular weight is 382 g/mol. The van der Waals surface area contributed by atoms with Crippen LogP contribution >= 0.6 is 23.1 Å². The summed E-state index contributed by atoms with van der Waals surface area (Å²) in [6.07, 6.45) is 0. The highest BCUT2D eigenvalue weighted by atomic mass is 32.2. The molecule has 26 heavy (non-hydrogen) atoms. The van der Waals surface area contributed by atoms with E-state index in [1.807, 2.05) is 29.6 Å². The van der Waals surface area contributed by atoms with Gasteiger partial charge in [-0.1, -0.05) is 30.0 Å². The molecule has 1 aliphatic heterocycles. The van der Waals surface area contributed by atoms with Crippen molar-refractivity contribution >= 4 is 40.4 Å². The van der Waals surface area contributed by atoms with Gasteiger partial charge in [0, 0.05) is 38.4 Å². The first-order chi connectivity index (χ1) is 12.8. The van der Waals surface area contributed by atoms with E-state index in [1.54, 1.807) is 35.2 Å². The van der Waals surface area contributed by atoms with Crippen LogP contribution in [0.2, 0.25) is 0 Å². The molecule has 0 spiro atoms. The molecular formula is C20H15FN2OS2. The lowest BCUT2D eigenvalue weighted by Crippen LogP contribution is -2.25. The molecule has 4 rings (SSSR count). The van der Waals surface area contributed by atoms with Crippen LogP contribution < -0.4 is 5.32 Å². The second-order valence-corrected chi connectivity index (χ2v) is 7.56. The molecule has 0 atom stereocenters. The number of amides is 1. The Kier molecular flexibility index (Phi) is 4.86. The molecule has 2 heterocycles. The van der Waals surface area contributed by atoms with Crippen LogP contribution in [-0.4, -0.2) is 24.8 Å². The Morgan fingerprint density at radius 2 is 2.00 bits per heavy atom. The van der Waals surface area contributed by atoms with Crippen LogP contribution in [0.4, 0.5) is 10.1 Å². The van der Waals surface area contributed by atoms with Crippen LogP contribution in [0.25, 0.3) is 0 Å². The van der Waals surface area contributed by atoms with Crippen molar-refractivity contribution in [3.63, 3.8) is 0 Å². The Morgan fingerprint density at radius 3 is 2.81 bits per heavy atom. The normalized spacial score (nSPS) is 12.6. The summed E-state index contributed by atoms with van der Waals surface area (Å²) in [6, 6.07) is 15.7. The largest absolute Gasteiger partial charge is 0.349 e. The van der Waals surface area contributed by atoms with E-state index in [0.29, 0.717) is 5.56 Å². The number of thiophene rings is 1. The van der Waals surface area contributed by atoms with Crippen LogP contribution in [0.3, 0.4) is 0 Å². The molecule has 0 fully saturated rings. The van der Waals surface area contributed by atoms with Crippen molar-refractivity contribution in [3.8, 4) is 0 Å². The van der Waals surface area contributed by atoms with Crippen LogP contribution in [0, 0.1) is 0 Å². The fourth-order valence-corrected chi connectivity index (χ4v) is 4.41. The summed E-state index contributed by atoms with van der Waals surface area (Å²) in [5, 5.41) is 6.66. The standard InChI is InChI=1S/C20H15FN2OS2/c21-8-9-22-20(24)13-5-6-18-16(11-13)23-19(14-7-10-25-12-14)15-3-1-2-4-17(15)26-18/h1-7,10-12H,8-9H2,(H,22,24). The van der Waals surface area contributed by atoms with Crippen molar-refractivity contribution in [2.24, 2.45) is 4.99 Å². The zero-order valence-electron chi connectivity index (χ0n) is 13.7. The minimum absolute atomic E-state index is 0.0134. The Balaban J connectivity index is 1.82. The number of carbonyl (C=O) groups is 1. The summed E-state index contributed by atoms with van der Waals surface area (Å²) in [4.78, 5) is 19.2. The molecule has 1 N–H and O–H groups in total. The summed E-state index contributed by atoms with van der Waals surface area (Å²) in [5.41, 5.74) is 4.27. The third-order valence-corrected chi connectivity index (χ3v) is 5.81. The Bertz CT molecular complexity index is 983. The van der Waals surface area contributed by atoms with E-state index >= 15 is 0 Å². The van der Waals surface area contributed by atoms with E-state index in [-0.39, 0.29) is 12.5 Å². The van der Waals surface area contributed by atoms with Crippen molar-refractivity contribution in [3.05, 3.63) is 76.0 Å². The van der Waals surface area contributed by atoms with Crippen LogP contribution in [0.1, 0.15) is 21.5 Å². The van der Waals surface area contributed by atoms with Crippen molar-refractivity contribution in [1.29, 1.82) is 0 Å². The van der Waals surface area contributed by atoms with Gasteiger partial charge in [-0.25, -0.2) is 9.38 Å². The number of carbonyl (C=O) groups excluding carboxylic acids is 1. The van der Waals surface area contributed by atoms with E-state index in [4.69, 9.17) is 4.99 Å². The van der Waals surface area contributed by atoms with Gasteiger partial charge in [0.25, 0.3) is 5.91 Å². The van der Waals surface area contributed by atoms with Gasteiger partial charge in [-0.15, -0.1) is 0 Å². The van der Waals surface area contributed by atoms with Crippen LogP contribution in [-0.2, 0) is 0 Å². The predicted octanol–water partition coefficient (Wildman–Crippen LogP) is 5.08. The van der Waals surface area contributed by atoms with Gasteiger partial charge < -0.3 is 5.32 Å². The molecule has 6 heteroatoms. The third-order valence-electron chi connectivity index (χ3n) is 3.99. The topological polar surface area (TPSA) is 41.5 Å². The molecule has 0 aliphatic carbocycles. The zero-order chi connectivity index (χ0) is 17.9. The number of benzene rings is 2. The molecule has 130 valence electrons. The average Bonchev–Trinajstić information content (AvgIpc) is 3.14. The first kappa shape index (κ1) is 17.0. The summed E-state index contributed by atoms with van der Waals surface area (Å²) in [7, 11) is 0. The highest BCUT2D eigenvalue weighted by Crippen LogP contribution is 2.41. The number of hydrogen-bond acceptors (Lipinski definition) is 4. The highest BCUT2D eigenvalue weighted by Gasteiger charge is 2.20. The Morgan fingerprint density at radius 1 is 1.12 bits per heavy atom. The summed E-state index contributed by atoms with van der Waals surface area (Å²) in [5.74, 6) is -0.288. The lowest BCUT2D eigenvalue weighted by molar-refractivity contribution is 0.0951. The molecule has 0 radical (unpaired) electrons. The van der Waals surface area contributed by atoms with Gasteiger partial charge in [0.15, 0.2) is 0 Å². The van der Waals surface area contributed by atoms with E-state index in [2.05, 4.69) is 22.8 Å². The number of fused-ring (bicyclic) bond motifs is 2. The number of alkyl halides is 1. The molecule has 0 saturated heterocycles. The SMILES string of the molecule is O=C(NCCF)c1ccc2c(c1)N=C(c1ccsc1)c1ccccc1S2. The first-order valence-electron chi connectivity index (χ1n) is 8.13. The Labute approximate surface area is 159 Å². The number of hydrogen-bond donors (Lipinski definition) is 1. The summed E-state index contributed by atoms with van der Waals surface area (Å²) < 4.78 is 12.3. The number of aliphatic imine (C=N–C) groups is 1. The van der Waals surface area contributed by atoms with Gasteiger partial charge in [0.05, 0.1) is 11.4 Å². The maximum Gasteiger partial charge on any atom is 0.251 e. The van der Waals surface area contributed by atoms with Crippen LogP contribution in [0.15, 0.2) is 74.1 Å². The van der Waals surface area contributed by atoms with Gasteiger partial charge in [0.1, 0.15) is 6.67 Å². The smallest absolute Gasteiger partial charge is 0.251 e. The van der Waals surface area contributed by atoms with E-state index in [9.17, 15) is 9.18 Å². The third kappa shape index (κ3) is 3.30. The lowest BCUT2D eigenvalue weighted by atomic mass is 10.0. The number of halogens is 1. The number of nitrogens with one attached hydrogen (secondary N) is 1. The minimum Gasteiger partial charge on any atom is -0.349 e. The number of rotatable bonds is 4. The second-order valence-electron chi connectivity index (χ2n) is 5.70. The van der Waals surface area contributed by atoms with E-state index in [1.165, 1.54) is 0 Å². The molecular weight excluding hydrogens is 367 g/mol. The molecule has 1 aliphatic rings. The molecule has 0 bridgehead atoms. The fraction of sp³-hybridized carbons (Fsp3) is 0.100. The molecule has 1 aromatic heterocycles. The Hall–Kier alpha value is -2.44. The maximum atomic E-state index is 12.3. The molecule has 0 unspecified atom stereocenters. The predicted molar refractivity (Wildman–Crippen MR) is 105 cm³/mol. The van der Waals surface area contributed by atoms with Crippen molar-refractivity contribution in [1.82, 2.24) is 5.32 Å². The lowest BCUT2D eigenvalue weighted by Gasteiger charge is -2.07. The molecule has 3 aromatic rings. The van der Waals surface area contributed by atoms with Crippen molar-refractivity contribution in [2.75, 3.05) is 13.2 Å². The maximum absolute atomic E-state index is 12.3. The molecule has 1 amide bonds. The van der Waals surface area contributed by atoms with Gasteiger partial charge in [-0.3, -0.25) is 4.79 Å². The van der Waals surface area contributed by atoms with Gasteiger partial charge in [0.2, 0.25) is 0 Å². The molecule has 3 nitrogen and oxygen atoms in total. The quantitative estimate of drug-likeness (QED) is 0.535. The van der Waals surface area contributed by atoms with Gasteiger partial charge in [-0.2, -0.15) is 11.3 Å². The monoisotopic (exact) mass is 382 g/mol. The summed E-state index contributed by atoms with van der Waals surface area (Å²) in [6.45, 7) is -0.568. The van der Waals surface area contributed by atoms with Gasteiger partial charge in [-0.05, 0) is 35.7 Å².